The Morgan fingerprint density at radius 3 is 3.00 bits per heavy atom. The summed E-state index contributed by atoms with van der Waals surface area (Å²) in [5.74, 6) is 1.80. The minimum atomic E-state index is 0.409. The van der Waals surface area contributed by atoms with Crippen molar-refractivity contribution in [3.63, 3.8) is 0 Å². The zero-order valence-corrected chi connectivity index (χ0v) is 11.3. The van der Waals surface area contributed by atoms with E-state index in [1.807, 2.05) is 31.2 Å². The summed E-state index contributed by atoms with van der Waals surface area (Å²) >= 11 is 0. The third-order valence-electron chi connectivity index (χ3n) is 2.42. The van der Waals surface area contributed by atoms with Gasteiger partial charge in [-0.3, -0.25) is 0 Å². The monoisotopic (exact) mass is 271 g/mol. The largest absolute Gasteiger partial charge is 0.492 e. The normalized spacial score (nSPS) is 9.85. The molecular formula is C14H17N5O. The number of aromatic nitrogens is 3. The van der Waals surface area contributed by atoms with Gasteiger partial charge in [0.1, 0.15) is 5.75 Å². The van der Waals surface area contributed by atoms with E-state index in [2.05, 4.69) is 32.4 Å². The number of benzene rings is 1. The smallest absolute Gasteiger partial charge is 0.249 e. The van der Waals surface area contributed by atoms with Crippen LogP contribution in [-0.2, 0) is 0 Å². The topological polar surface area (TPSA) is 72.0 Å². The van der Waals surface area contributed by atoms with E-state index in [1.54, 1.807) is 12.3 Å². The second-order valence-corrected chi connectivity index (χ2v) is 3.89. The van der Waals surface area contributed by atoms with Gasteiger partial charge in [-0.2, -0.15) is 10.1 Å². The maximum Gasteiger partial charge on any atom is 0.249 e. The van der Waals surface area contributed by atoms with Gasteiger partial charge in [-0.05, 0) is 19.1 Å². The van der Waals surface area contributed by atoms with Crippen molar-refractivity contribution in [3.8, 4) is 5.75 Å². The Hall–Kier alpha value is -2.63. The van der Waals surface area contributed by atoms with Crippen LogP contribution in [0.3, 0.4) is 0 Å². The van der Waals surface area contributed by atoms with E-state index in [4.69, 9.17) is 4.74 Å². The number of rotatable bonds is 7. The third-order valence-corrected chi connectivity index (χ3v) is 2.42. The van der Waals surface area contributed by atoms with Gasteiger partial charge in [-0.15, -0.1) is 11.7 Å². The molecule has 0 spiro atoms. The standard InChI is InChI=1S/C14H17N5O/c1-3-9-15-13-10-16-19-14(18-13)17-11-7-5-6-8-12(11)20-4-2/h3,5-8,10H,1,4,9H2,2H3,(H2,15,17,18,19). The molecule has 0 saturated heterocycles. The summed E-state index contributed by atoms with van der Waals surface area (Å²) in [6.45, 7) is 6.79. The van der Waals surface area contributed by atoms with Gasteiger partial charge in [0.05, 0.1) is 18.5 Å². The molecule has 0 fully saturated rings. The van der Waals surface area contributed by atoms with Crippen LogP contribution >= 0.6 is 0 Å². The molecule has 0 aliphatic carbocycles. The van der Waals surface area contributed by atoms with E-state index in [9.17, 15) is 0 Å². The molecular weight excluding hydrogens is 254 g/mol. The summed E-state index contributed by atoms with van der Waals surface area (Å²) in [5.41, 5.74) is 0.803. The number of hydrogen-bond donors (Lipinski definition) is 2. The van der Waals surface area contributed by atoms with Crippen molar-refractivity contribution >= 4 is 17.5 Å². The zero-order chi connectivity index (χ0) is 14.2. The van der Waals surface area contributed by atoms with Crippen molar-refractivity contribution in [2.24, 2.45) is 0 Å². The average Bonchev–Trinajstić information content (AvgIpc) is 2.48. The Labute approximate surface area is 117 Å². The van der Waals surface area contributed by atoms with Crippen LogP contribution in [0.4, 0.5) is 17.5 Å². The zero-order valence-electron chi connectivity index (χ0n) is 11.3. The molecule has 0 unspecified atom stereocenters. The van der Waals surface area contributed by atoms with Crippen molar-refractivity contribution < 1.29 is 4.74 Å². The first-order valence-electron chi connectivity index (χ1n) is 6.37. The highest BCUT2D eigenvalue weighted by Crippen LogP contribution is 2.25. The summed E-state index contributed by atoms with van der Waals surface area (Å²) < 4.78 is 5.54. The molecule has 0 aliphatic rings. The molecule has 1 heterocycles. The molecule has 0 atom stereocenters. The number of ether oxygens (including phenoxy) is 1. The van der Waals surface area contributed by atoms with Crippen molar-refractivity contribution in [3.05, 3.63) is 43.1 Å². The second kappa shape index (κ2) is 7.08. The first-order valence-corrected chi connectivity index (χ1v) is 6.37. The van der Waals surface area contributed by atoms with E-state index in [1.165, 1.54) is 0 Å². The molecule has 0 radical (unpaired) electrons. The Bertz CT molecular complexity index is 573. The fourth-order valence-corrected chi connectivity index (χ4v) is 1.59. The van der Waals surface area contributed by atoms with Gasteiger partial charge in [0.25, 0.3) is 0 Å². The van der Waals surface area contributed by atoms with Crippen LogP contribution in [-0.4, -0.2) is 28.3 Å². The molecule has 1 aromatic carbocycles. The quantitative estimate of drug-likeness (QED) is 0.754. The Kier molecular flexibility index (Phi) is 4.88. The molecule has 0 amide bonds. The van der Waals surface area contributed by atoms with Crippen LogP contribution in [0.25, 0.3) is 0 Å². The molecule has 2 N–H and O–H groups in total. The van der Waals surface area contributed by atoms with Gasteiger partial charge in [-0.25, -0.2) is 0 Å². The average molecular weight is 271 g/mol. The summed E-state index contributed by atoms with van der Waals surface area (Å²) in [6, 6.07) is 7.62. The van der Waals surface area contributed by atoms with Gasteiger partial charge in [0.2, 0.25) is 5.95 Å². The highest BCUT2D eigenvalue weighted by molar-refractivity contribution is 5.62. The summed E-state index contributed by atoms with van der Waals surface area (Å²) in [7, 11) is 0. The molecule has 0 saturated carbocycles. The summed E-state index contributed by atoms with van der Waals surface area (Å²) in [5, 5.41) is 14.0. The summed E-state index contributed by atoms with van der Waals surface area (Å²) in [6.07, 6.45) is 3.31. The Morgan fingerprint density at radius 2 is 2.20 bits per heavy atom. The Balaban J connectivity index is 2.15. The highest BCUT2D eigenvalue weighted by atomic mass is 16.5. The molecule has 6 nitrogen and oxygen atoms in total. The molecule has 1 aromatic heterocycles. The number of anilines is 3. The van der Waals surface area contributed by atoms with Crippen molar-refractivity contribution in [2.75, 3.05) is 23.8 Å². The van der Waals surface area contributed by atoms with Gasteiger partial charge < -0.3 is 15.4 Å². The van der Waals surface area contributed by atoms with E-state index in [0.29, 0.717) is 24.9 Å². The van der Waals surface area contributed by atoms with Crippen LogP contribution in [0.1, 0.15) is 6.92 Å². The lowest BCUT2D eigenvalue weighted by Crippen LogP contribution is -2.06. The number of nitrogens with zero attached hydrogens (tertiary/aromatic N) is 3. The van der Waals surface area contributed by atoms with Crippen LogP contribution in [0.15, 0.2) is 43.1 Å². The first-order chi connectivity index (χ1) is 9.83. The van der Waals surface area contributed by atoms with Gasteiger partial charge in [-0.1, -0.05) is 18.2 Å². The molecule has 104 valence electrons. The predicted octanol–water partition coefficient (Wildman–Crippen LogP) is 2.61. The number of para-hydroxylation sites is 2. The number of nitrogens with one attached hydrogen (secondary N) is 2. The second-order valence-electron chi connectivity index (χ2n) is 3.89. The van der Waals surface area contributed by atoms with E-state index >= 15 is 0 Å². The minimum absolute atomic E-state index is 0.409. The maximum atomic E-state index is 5.54. The van der Waals surface area contributed by atoms with Gasteiger partial charge in [0, 0.05) is 6.54 Å². The van der Waals surface area contributed by atoms with Crippen LogP contribution in [0.5, 0.6) is 5.75 Å². The van der Waals surface area contributed by atoms with E-state index in [-0.39, 0.29) is 0 Å². The van der Waals surface area contributed by atoms with E-state index in [0.717, 1.165) is 11.4 Å². The van der Waals surface area contributed by atoms with Crippen molar-refractivity contribution in [2.45, 2.75) is 6.92 Å². The SMILES string of the molecule is C=CCNc1cnnc(Nc2ccccc2OCC)n1. The van der Waals surface area contributed by atoms with Gasteiger partial charge in [0.15, 0.2) is 5.82 Å². The van der Waals surface area contributed by atoms with Gasteiger partial charge >= 0.3 is 0 Å². The lowest BCUT2D eigenvalue weighted by Gasteiger charge is -2.11. The first kappa shape index (κ1) is 13.8. The van der Waals surface area contributed by atoms with Crippen LogP contribution < -0.4 is 15.4 Å². The maximum absolute atomic E-state index is 5.54. The fourth-order valence-electron chi connectivity index (χ4n) is 1.59. The molecule has 6 heteroatoms. The fraction of sp³-hybridized carbons (Fsp3) is 0.214. The molecule has 20 heavy (non-hydrogen) atoms. The predicted molar refractivity (Wildman–Crippen MR) is 79.4 cm³/mol. The van der Waals surface area contributed by atoms with E-state index < -0.39 is 0 Å². The summed E-state index contributed by atoms with van der Waals surface area (Å²) in [4.78, 5) is 4.31. The molecule has 2 rings (SSSR count). The van der Waals surface area contributed by atoms with Crippen LogP contribution in [0, 0.1) is 0 Å². The molecule has 0 aliphatic heterocycles. The third kappa shape index (κ3) is 3.68. The molecule has 0 bridgehead atoms. The van der Waals surface area contributed by atoms with Crippen LogP contribution in [0.2, 0.25) is 0 Å². The Morgan fingerprint density at radius 1 is 1.35 bits per heavy atom. The van der Waals surface area contributed by atoms with Crippen molar-refractivity contribution in [1.82, 2.24) is 15.2 Å². The lowest BCUT2D eigenvalue weighted by molar-refractivity contribution is 0.342. The minimum Gasteiger partial charge on any atom is -0.492 e. The molecule has 2 aromatic rings. The lowest BCUT2D eigenvalue weighted by atomic mass is 10.3. The van der Waals surface area contributed by atoms with Crippen molar-refractivity contribution in [1.29, 1.82) is 0 Å². The number of hydrogen-bond acceptors (Lipinski definition) is 6. The highest BCUT2D eigenvalue weighted by Gasteiger charge is 2.05.